The number of hydrogen-bond acceptors (Lipinski definition) is 2. The van der Waals surface area contributed by atoms with Crippen LogP contribution in [0.25, 0.3) is 0 Å². The van der Waals surface area contributed by atoms with Crippen LogP contribution in [0.15, 0.2) is 30.3 Å². The molecule has 1 aromatic rings. The summed E-state index contributed by atoms with van der Waals surface area (Å²) in [5, 5.41) is 0. The summed E-state index contributed by atoms with van der Waals surface area (Å²) in [5.41, 5.74) is 8.10. The van der Waals surface area contributed by atoms with E-state index in [2.05, 4.69) is 43.0 Å². The second kappa shape index (κ2) is 5.85. The van der Waals surface area contributed by atoms with E-state index in [1.54, 1.807) is 0 Å². The molecule has 0 radical (unpaired) electrons. The molecule has 1 aromatic carbocycles. The molecule has 1 unspecified atom stereocenters. The Morgan fingerprint density at radius 3 is 2.33 bits per heavy atom. The molecule has 0 bridgehead atoms. The molecule has 0 spiro atoms. The number of nitrogens with two attached hydrogens (primary N) is 1. The standard InChI is InChI=1S/C16H26N2/c1-3-16(4-2)12-18(13-16)11-10-15(17)14-8-6-5-7-9-14/h5-9,15H,3-4,10-13,17H2,1-2H3. The molecule has 2 rings (SSSR count). The van der Waals surface area contributed by atoms with Gasteiger partial charge in [-0.3, -0.25) is 0 Å². The first-order valence-electron chi connectivity index (χ1n) is 7.22. The molecule has 1 aliphatic rings. The van der Waals surface area contributed by atoms with Crippen molar-refractivity contribution in [1.82, 2.24) is 4.90 Å². The van der Waals surface area contributed by atoms with Crippen molar-refractivity contribution < 1.29 is 0 Å². The van der Waals surface area contributed by atoms with Gasteiger partial charge in [-0.2, -0.15) is 0 Å². The smallest absolute Gasteiger partial charge is 0.0307 e. The van der Waals surface area contributed by atoms with Gasteiger partial charge in [0, 0.05) is 19.1 Å². The Morgan fingerprint density at radius 1 is 1.17 bits per heavy atom. The van der Waals surface area contributed by atoms with Gasteiger partial charge in [-0.05, 0) is 36.8 Å². The molecule has 0 amide bonds. The van der Waals surface area contributed by atoms with Crippen LogP contribution >= 0.6 is 0 Å². The van der Waals surface area contributed by atoms with Crippen LogP contribution in [0, 0.1) is 5.41 Å². The van der Waals surface area contributed by atoms with E-state index < -0.39 is 0 Å². The van der Waals surface area contributed by atoms with Crippen LogP contribution < -0.4 is 5.73 Å². The van der Waals surface area contributed by atoms with E-state index in [9.17, 15) is 0 Å². The zero-order chi connectivity index (χ0) is 13.0. The van der Waals surface area contributed by atoms with Gasteiger partial charge in [-0.1, -0.05) is 44.2 Å². The van der Waals surface area contributed by atoms with Crippen LogP contribution in [-0.2, 0) is 0 Å². The van der Waals surface area contributed by atoms with Crippen molar-refractivity contribution in [3.8, 4) is 0 Å². The Labute approximate surface area is 111 Å². The number of rotatable bonds is 6. The highest BCUT2D eigenvalue weighted by atomic mass is 15.2. The van der Waals surface area contributed by atoms with Crippen LogP contribution in [0.4, 0.5) is 0 Å². The molecule has 1 aliphatic heterocycles. The van der Waals surface area contributed by atoms with Crippen LogP contribution in [0.5, 0.6) is 0 Å². The Morgan fingerprint density at radius 2 is 1.78 bits per heavy atom. The van der Waals surface area contributed by atoms with Crippen molar-refractivity contribution in [2.24, 2.45) is 11.1 Å². The largest absolute Gasteiger partial charge is 0.324 e. The summed E-state index contributed by atoms with van der Waals surface area (Å²) in [6.07, 6.45) is 3.68. The summed E-state index contributed by atoms with van der Waals surface area (Å²) in [6, 6.07) is 10.6. The lowest BCUT2D eigenvalue weighted by Gasteiger charge is -2.50. The molecule has 2 heteroatoms. The first-order chi connectivity index (χ1) is 8.69. The molecule has 1 heterocycles. The predicted molar refractivity (Wildman–Crippen MR) is 77.4 cm³/mol. The molecular weight excluding hydrogens is 220 g/mol. The average Bonchev–Trinajstić information content (AvgIpc) is 2.39. The van der Waals surface area contributed by atoms with Gasteiger partial charge in [0.2, 0.25) is 0 Å². The summed E-state index contributed by atoms with van der Waals surface area (Å²) in [4.78, 5) is 2.55. The maximum Gasteiger partial charge on any atom is 0.0307 e. The third kappa shape index (κ3) is 2.93. The number of hydrogen-bond donors (Lipinski definition) is 1. The third-order valence-electron chi connectivity index (χ3n) is 4.60. The fourth-order valence-electron chi connectivity index (χ4n) is 2.95. The Kier molecular flexibility index (Phi) is 4.41. The average molecular weight is 246 g/mol. The minimum absolute atomic E-state index is 0.185. The third-order valence-corrected chi connectivity index (χ3v) is 4.60. The Hall–Kier alpha value is -0.860. The van der Waals surface area contributed by atoms with Crippen molar-refractivity contribution in [2.75, 3.05) is 19.6 Å². The van der Waals surface area contributed by atoms with Gasteiger partial charge in [-0.25, -0.2) is 0 Å². The van der Waals surface area contributed by atoms with Gasteiger partial charge in [0.15, 0.2) is 0 Å². The topological polar surface area (TPSA) is 29.3 Å². The molecule has 2 nitrogen and oxygen atoms in total. The van der Waals surface area contributed by atoms with Crippen molar-refractivity contribution in [3.63, 3.8) is 0 Å². The van der Waals surface area contributed by atoms with Crippen LogP contribution in [0.2, 0.25) is 0 Å². The SMILES string of the molecule is CCC1(CC)CN(CCC(N)c2ccccc2)C1. The van der Waals surface area contributed by atoms with Gasteiger partial charge >= 0.3 is 0 Å². The maximum atomic E-state index is 6.23. The van der Waals surface area contributed by atoms with E-state index in [4.69, 9.17) is 5.73 Å². The zero-order valence-electron chi connectivity index (χ0n) is 11.7. The van der Waals surface area contributed by atoms with Crippen molar-refractivity contribution in [3.05, 3.63) is 35.9 Å². The highest BCUT2D eigenvalue weighted by molar-refractivity contribution is 5.18. The number of nitrogens with zero attached hydrogens (tertiary/aromatic N) is 1. The summed E-state index contributed by atoms with van der Waals surface area (Å²) < 4.78 is 0. The summed E-state index contributed by atoms with van der Waals surface area (Å²) in [7, 11) is 0. The number of likely N-dealkylation sites (tertiary alicyclic amines) is 1. The molecule has 18 heavy (non-hydrogen) atoms. The quantitative estimate of drug-likeness (QED) is 0.835. The summed E-state index contributed by atoms with van der Waals surface area (Å²) >= 11 is 0. The first-order valence-corrected chi connectivity index (χ1v) is 7.22. The van der Waals surface area contributed by atoms with Crippen LogP contribution in [0.1, 0.15) is 44.7 Å². The highest BCUT2D eigenvalue weighted by Crippen LogP contribution is 2.37. The maximum absolute atomic E-state index is 6.23. The van der Waals surface area contributed by atoms with Gasteiger partial charge in [-0.15, -0.1) is 0 Å². The van der Waals surface area contributed by atoms with E-state index >= 15 is 0 Å². The van der Waals surface area contributed by atoms with Crippen molar-refractivity contribution in [1.29, 1.82) is 0 Å². The van der Waals surface area contributed by atoms with Gasteiger partial charge in [0.25, 0.3) is 0 Å². The monoisotopic (exact) mass is 246 g/mol. The summed E-state index contributed by atoms with van der Waals surface area (Å²) in [6.45, 7) is 8.30. The minimum Gasteiger partial charge on any atom is -0.324 e. The lowest BCUT2D eigenvalue weighted by Crippen LogP contribution is -2.55. The number of benzene rings is 1. The molecule has 1 fully saturated rings. The fourth-order valence-corrected chi connectivity index (χ4v) is 2.95. The Balaban J connectivity index is 1.74. The lowest BCUT2D eigenvalue weighted by molar-refractivity contribution is -0.00741. The van der Waals surface area contributed by atoms with E-state index in [1.165, 1.54) is 31.5 Å². The van der Waals surface area contributed by atoms with E-state index in [-0.39, 0.29) is 6.04 Å². The predicted octanol–water partition coefficient (Wildman–Crippen LogP) is 3.20. The van der Waals surface area contributed by atoms with Gasteiger partial charge in [0.1, 0.15) is 0 Å². The molecule has 0 aliphatic carbocycles. The lowest BCUT2D eigenvalue weighted by atomic mass is 9.75. The molecule has 0 saturated carbocycles. The molecule has 100 valence electrons. The van der Waals surface area contributed by atoms with Gasteiger partial charge < -0.3 is 10.6 Å². The van der Waals surface area contributed by atoms with Crippen molar-refractivity contribution >= 4 is 0 Å². The highest BCUT2D eigenvalue weighted by Gasteiger charge is 2.39. The van der Waals surface area contributed by atoms with Gasteiger partial charge in [0.05, 0.1) is 0 Å². The molecule has 1 atom stereocenters. The fraction of sp³-hybridized carbons (Fsp3) is 0.625. The Bertz CT molecular complexity index is 349. The van der Waals surface area contributed by atoms with Crippen molar-refractivity contribution in [2.45, 2.75) is 39.2 Å². The molecule has 2 N–H and O–H groups in total. The second-order valence-electron chi connectivity index (χ2n) is 5.72. The molecule has 0 aromatic heterocycles. The summed E-state index contributed by atoms with van der Waals surface area (Å²) in [5.74, 6) is 0. The van der Waals surface area contributed by atoms with E-state index in [1.807, 2.05) is 6.07 Å². The van der Waals surface area contributed by atoms with Crippen LogP contribution in [0.3, 0.4) is 0 Å². The second-order valence-corrected chi connectivity index (χ2v) is 5.72. The van der Waals surface area contributed by atoms with E-state index in [0.717, 1.165) is 13.0 Å². The van der Waals surface area contributed by atoms with Crippen LogP contribution in [-0.4, -0.2) is 24.5 Å². The molecule has 1 saturated heterocycles. The minimum atomic E-state index is 0.185. The first kappa shape index (κ1) is 13.6. The normalized spacial score (nSPS) is 20.4. The zero-order valence-corrected chi connectivity index (χ0v) is 11.7. The van der Waals surface area contributed by atoms with E-state index in [0.29, 0.717) is 5.41 Å². The molecular formula is C16H26N2.